The van der Waals surface area contributed by atoms with E-state index in [4.69, 9.17) is 9.47 Å². The number of benzene rings is 2. The molecule has 0 aromatic heterocycles. The molecule has 0 N–H and O–H groups in total. The predicted octanol–water partition coefficient (Wildman–Crippen LogP) is 2.42. The van der Waals surface area contributed by atoms with E-state index in [0.29, 0.717) is 13.1 Å². The summed E-state index contributed by atoms with van der Waals surface area (Å²) in [7, 11) is 0. The summed E-state index contributed by atoms with van der Waals surface area (Å²) in [5, 5.41) is 0. The first-order valence-electron chi connectivity index (χ1n) is 8.33. The number of piperazine rings is 1. The molecule has 2 aromatic rings. The topological polar surface area (TPSA) is 42.0 Å². The molecule has 0 aliphatic carbocycles. The van der Waals surface area contributed by atoms with Crippen LogP contribution >= 0.6 is 0 Å². The fourth-order valence-electron chi connectivity index (χ4n) is 3.44. The summed E-state index contributed by atoms with van der Waals surface area (Å²) in [4.78, 5) is 15.1. The second-order valence-corrected chi connectivity index (χ2v) is 6.24. The zero-order chi connectivity index (χ0) is 17.2. The lowest BCUT2D eigenvalue weighted by atomic mass is 9.96. The Kier molecular flexibility index (Phi) is 4.28. The summed E-state index contributed by atoms with van der Waals surface area (Å²) < 4.78 is 24.3. The number of amides is 1. The molecule has 0 bridgehead atoms. The molecule has 0 radical (unpaired) electrons. The Morgan fingerprint density at radius 2 is 1.60 bits per heavy atom. The summed E-state index contributed by atoms with van der Waals surface area (Å²) >= 11 is 0. The van der Waals surface area contributed by atoms with Crippen molar-refractivity contribution in [2.45, 2.75) is 6.04 Å². The maximum absolute atomic E-state index is 13.4. The van der Waals surface area contributed by atoms with Gasteiger partial charge >= 0.3 is 0 Å². The van der Waals surface area contributed by atoms with E-state index in [1.165, 1.54) is 12.1 Å². The maximum Gasteiger partial charge on any atom is 0.231 e. The molecule has 1 atom stereocenters. The molecule has 130 valence electrons. The predicted molar refractivity (Wildman–Crippen MR) is 90.0 cm³/mol. The van der Waals surface area contributed by atoms with Crippen molar-refractivity contribution in [3.05, 3.63) is 59.4 Å². The van der Waals surface area contributed by atoms with Gasteiger partial charge in [-0.25, -0.2) is 4.39 Å². The number of rotatable bonds is 4. The summed E-state index contributed by atoms with van der Waals surface area (Å²) in [6, 6.07) is 12.5. The molecule has 1 unspecified atom stereocenters. The largest absolute Gasteiger partial charge is 0.454 e. The van der Waals surface area contributed by atoms with E-state index < -0.39 is 0 Å². The van der Waals surface area contributed by atoms with Crippen LogP contribution in [0, 0.1) is 5.82 Å². The van der Waals surface area contributed by atoms with E-state index in [9.17, 15) is 9.18 Å². The molecule has 2 heterocycles. The van der Waals surface area contributed by atoms with Crippen LogP contribution in [0.5, 0.6) is 11.5 Å². The van der Waals surface area contributed by atoms with Crippen LogP contribution in [0.2, 0.25) is 0 Å². The number of ether oxygens (including phenoxy) is 2. The molecule has 5 nitrogen and oxygen atoms in total. The highest BCUT2D eigenvalue weighted by Gasteiger charge is 2.27. The van der Waals surface area contributed by atoms with Crippen LogP contribution in [-0.2, 0) is 4.79 Å². The summed E-state index contributed by atoms with van der Waals surface area (Å²) in [6.07, 6.45) is 0.894. The Bertz CT molecular complexity index is 758. The third kappa shape index (κ3) is 3.17. The average molecular weight is 342 g/mol. The molecule has 0 spiro atoms. The third-order valence-corrected chi connectivity index (χ3v) is 4.76. The number of nitrogens with zero attached hydrogens (tertiary/aromatic N) is 2. The van der Waals surface area contributed by atoms with Gasteiger partial charge in [-0.05, 0) is 35.4 Å². The molecule has 1 amide bonds. The highest BCUT2D eigenvalue weighted by Crippen LogP contribution is 2.38. The summed E-state index contributed by atoms with van der Waals surface area (Å²) in [6.45, 7) is 3.12. The first kappa shape index (κ1) is 15.9. The van der Waals surface area contributed by atoms with Crippen LogP contribution in [0.25, 0.3) is 0 Å². The molecular weight excluding hydrogens is 323 g/mol. The van der Waals surface area contributed by atoms with Crippen molar-refractivity contribution >= 4 is 6.41 Å². The molecule has 0 saturated carbocycles. The van der Waals surface area contributed by atoms with Gasteiger partial charge in [-0.15, -0.1) is 0 Å². The molecule has 2 aliphatic rings. The van der Waals surface area contributed by atoms with E-state index in [1.54, 1.807) is 4.90 Å². The van der Waals surface area contributed by atoms with Gasteiger partial charge in [-0.3, -0.25) is 9.69 Å². The highest BCUT2D eigenvalue weighted by molar-refractivity contribution is 5.48. The second-order valence-electron chi connectivity index (χ2n) is 6.24. The Labute approximate surface area is 145 Å². The van der Waals surface area contributed by atoms with E-state index in [2.05, 4.69) is 4.90 Å². The van der Waals surface area contributed by atoms with Crippen LogP contribution in [0.15, 0.2) is 42.5 Å². The molecule has 4 rings (SSSR count). The lowest BCUT2D eigenvalue weighted by Crippen LogP contribution is -2.47. The van der Waals surface area contributed by atoms with Gasteiger partial charge in [0.05, 0.1) is 6.04 Å². The molecule has 2 aliphatic heterocycles. The van der Waals surface area contributed by atoms with Gasteiger partial charge in [0.2, 0.25) is 13.2 Å². The highest BCUT2D eigenvalue weighted by atomic mass is 19.1. The van der Waals surface area contributed by atoms with Gasteiger partial charge in [0.1, 0.15) is 5.82 Å². The van der Waals surface area contributed by atoms with Crippen molar-refractivity contribution in [3.8, 4) is 11.5 Å². The van der Waals surface area contributed by atoms with E-state index >= 15 is 0 Å². The minimum atomic E-state index is -0.251. The quantitative estimate of drug-likeness (QED) is 0.801. The van der Waals surface area contributed by atoms with Gasteiger partial charge in [0, 0.05) is 26.2 Å². The van der Waals surface area contributed by atoms with E-state index in [-0.39, 0.29) is 18.7 Å². The van der Waals surface area contributed by atoms with Gasteiger partial charge < -0.3 is 14.4 Å². The molecule has 1 saturated heterocycles. The number of halogens is 1. The Morgan fingerprint density at radius 3 is 2.32 bits per heavy atom. The minimum Gasteiger partial charge on any atom is -0.454 e. The lowest BCUT2D eigenvalue weighted by Gasteiger charge is -2.38. The molecular formula is C19H19FN2O3. The number of hydrogen-bond acceptors (Lipinski definition) is 4. The van der Waals surface area contributed by atoms with Crippen molar-refractivity contribution in [1.29, 1.82) is 0 Å². The fourth-order valence-corrected chi connectivity index (χ4v) is 3.44. The second kappa shape index (κ2) is 6.72. The van der Waals surface area contributed by atoms with Gasteiger partial charge in [0.25, 0.3) is 0 Å². The zero-order valence-electron chi connectivity index (χ0n) is 13.7. The van der Waals surface area contributed by atoms with Gasteiger partial charge in [-0.1, -0.05) is 18.2 Å². The first-order chi connectivity index (χ1) is 12.2. The van der Waals surface area contributed by atoms with Gasteiger partial charge in [0.15, 0.2) is 11.5 Å². The standard InChI is InChI=1S/C19H19FN2O3/c20-16-4-1-14(2-5-16)19(22-9-7-21(12-23)8-10-22)15-3-6-17-18(11-15)25-13-24-17/h1-6,11-12,19H,7-10,13H2. The fraction of sp³-hybridized carbons (Fsp3) is 0.316. The molecule has 2 aromatic carbocycles. The monoisotopic (exact) mass is 342 g/mol. The van der Waals surface area contributed by atoms with Crippen molar-refractivity contribution in [2.75, 3.05) is 33.0 Å². The average Bonchev–Trinajstić information content (AvgIpc) is 3.12. The van der Waals surface area contributed by atoms with Crippen molar-refractivity contribution in [2.24, 2.45) is 0 Å². The number of hydrogen-bond donors (Lipinski definition) is 0. The SMILES string of the molecule is O=CN1CCN(C(c2ccc(F)cc2)c2ccc3c(c2)OCO3)CC1. The third-order valence-electron chi connectivity index (χ3n) is 4.76. The van der Waals surface area contributed by atoms with Gasteiger partial charge in [-0.2, -0.15) is 0 Å². The van der Waals surface area contributed by atoms with Crippen LogP contribution < -0.4 is 9.47 Å². The summed E-state index contributed by atoms with van der Waals surface area (Å²) in [5.41, 5.74) is 2.08. The minimum absolute atomic E-state index is 0.0242. The zero-order valence-corrected chi connectivity index (χ0v) is 13.7. The van der Waals surface area contributed by atoms with Crippen molar-refractivity contribution < 1.29 is 18.7 Å². The number of carbonyl (C=O) groups excluding carboxylic acids is 1. The smallest absolute Gasteiger partial charge is 0.231 e. The maximum atomic E-state index is 13.4. The number of fused-ring (bicyclic) bond motifs is 1. The molecule has 1 fully saturated rings. The lowest BCUT2D eigenvalue weighted by molar-refractivity contribution is -0.119. The van der Waals surface area contributed by atoms with E-state index in [1.807, 2.05) is 30.3 Å². The van der Waals surface area contributed by atoms with Crippen molar-refractivity contribution in [1.82, 2.24) is 9.80 Å². The molecule has 6 heteroatoms. The Balaban J connectivity index is 1.68. The Morgan fingerprint density at radius 1 is 0.920 bits per heavy atom. The number of carbonyl (C=O) groups is 1. The van der Waals surface area contributed by atoms with Crippen LogP contribution in [0.4, 0.5) is 4.39 Å². The van der Waals surface area contributed by atoms with Crippen molar-refractivity contribution in [3.63, 3.8) is 0 Å². The van der Waals surface area contributed by atoms with Crippen LogP contribution in [0.1, 0.15) is 17.2 Å². The van der Waals surface area contributed by atoms with Crippen LogP contribution in [0.3, 0.4) is 0 Å². The van der Waals surface area contributed by atoms with Crippen LogP contribution in [-0.4, -0.2) is 49.2 Å². The Hall–Kier alpha value is -2.60. The molecule has 25 heavy (non-hydrogen) atoms. The first-order valence-corrected chi connectivity index (χ1v) is 8.33. The normalized spacial score (nSPS) is 18.2. The van der Waals surface area contributed by atoms with E-state index in [0.717, 1.165) is 42.1 Å². The summed E-state index contributed by atoms with van der Waals surface area (Å²) in [5.74, 6) is 1.22.